The highest BCUT2D eigenvalue weighted by Gasteiger charge is 2.42. The first-order chi connectivity index (χ1) is 17.0. The first-order valence-electron chi connectivity index (χ1n) is 11.7. The number of pyridine rings is 1. The summed E-state index contributed by atoms with van der Waals surface area (Å²) in [6, 6.07) is 1.94. The molecule has 2 aromatic rings. The number of nitrogens with zero attached hydrogens (tertiary/aromatic N) is 4. The molecule has 14 heteroatoms. The zero-order chi connectivity index (χ0) is 25.8. The molecule has 3 aliphatic rings. The number of halogens is 2. The fourth-order valence-corrected chi connectivity index (χ4v) is 6.87. The third kappa shape index (κ3) is 4.88. The number of rotatable bonds is 6. The number of hydrogen-bond acceptors (Lipinski definition) is 9. The third-order valence-electron chi connectivity index (χ3n) is 6.99. The van der Waals surface area contributed by atoms with Crippen molar-refractivity contribution in [3.63, 3.8) is 0 Å². The van der Waals surface area contributed by atoms with Crippen LogP contribution < -0.4 is 9.62 Å². The highest BCUT2D eigenvalue weighted by atomic mass is 32.2. The van der Waals surface area contributed by atoms with Crippen LogP contribution in [0.15, 0.2) is 23.4 Å². The Labute approximate surface area is 212 Å². The summed E-state index contributed by atoms with van der Waals surface area (Å²) in [5, 5.41) is 14.5. The van der Waals surface area contributed by atoms with E-state index in [9.17, 15) is 17.2 Å². The molecule has 2 atom stereocenters. The zero-order valence-corrected chi connectivity index (χ0v) is 21.6. The van der Waals surface area contributed by atoms with Crippen molar-refractivity contribution in [1.29, 1.82) is 10.8 Å². The average molecular weight is 542 g/mol. The fraction of sp³-hybridized carbons (Fsp3) is 0.591. The Kier molecular flexibility index (Phi) is 6.60. The topological polar surface area (TPSA) is 127 Å². The van der Waals surface area contributed by atoms with Crippen LogP contribution in [0.1, 0.15) is 32.4 Å². The van der Waals surface area contributed by atoms with Crippen molar-refractivity contribution >= 4 is 43.2 Å². The Hall–Kier alpha value is -2.13. The molecule has 36 heavy (non-hydrogen) atoms. The van der Waals surface area contributed by atoms with E-state index in [-0.39, 0.29) is 27.7 Å². The van der Waals surface area contributed by atoms with Gasteiger partial charge in [0.05, 0.1) is 36.8 Å². The Morgan fingerprint density at radius 1 is 1.33 bits per heavy atom. The van der Waals surface area contributed by atoms with Gasteiger partial charge in [-0.2, -0.15) is 0 Å². The summed E-state index contributed by atoms with van der Waals surface area (Å²) in [5.74, 6) is 0. The van der Waals surface area contributed by atoms with Crippen LogP contribution in [-0.4, -0.2) is 89.7 Å². The van der Waals surface area contributed by atoms with Crippen molar-refractivity contribution in [2.75, 3.05) is 37.7 Å². The molecular weight excluding hydrogens is 512 g/mol. The Balaban J connectivity index is 1.58. The summed E-state index contributed by atoms with van der Waals surface area (Å²) in [6.45, 7) is 7.32. The lowest BCUT2D eigenvalue weighted by atomic mass is 10.1. The summed E-state index contributed by atoms with van der Waals surface area (Å²) in [6.07, 6.45) is 1.23. The van der Waals surface area contributed by atoms with Gasteiger partial charge in [-0.05, 0) is 44.5 Å². The van der Waals surface area contributed by atoms with Gasteiger partial charge in [0.2, 0.25) is 10.0 Å². The van der Waals surface area contributed by atoms with E-state index >= 15 is 0 Å². The molecule has 3 N–H and O–H groups in total. The van der Waals surface area contributed by atoms with Gasteiger partial charge in [0, 0.05) is 37.4 Å². The van der Waals surface area contributed by atoms with E-state index in [0.29, 0.717) is 49.4 Å². The Morgan fingerprint density at radius 3 is 2.78 bits per heavy atom. The number of hydrogen-bond donors (Lipinski definition) is 3. The maximum Gasteiger partial charge on any atom is 0.285 e. The van der Waals surface area contributed by atoms with Gasteiger partial charge in [-0.1, -0.05) is 0 Å². The number of ether oxygens (including phenoxy) is 1. The Bertz CT molecular complexity index is 1310. The molecule has 3 fully saturated rings. The van der Waals surface area contributed by atoms with Crippen molar-refractivity contribution in [3.05, 3.63) is 24.2 Å². The largest absolute Gasteiger partial charge is 0.378 e. The molecule has 10 nitrogen and oxygen atoms in total. The number of nitrogens with one attached hydrogen (secondary N) is 3. The molecule has 1 aliphatic carbocycles. The fourth-order valence-electron chi connectivity index (χ4n) is 4.83. The third-order valence-corrected chi connectivity index (χ3v) is 9.41. The Morgan fingerprint density at radius 2 is 2.08 bits per heavy atom. The standard InChI is InChI=1S/C22H29F2N7O3S2/c1-13-9-29(10-14-12-34-6-5-30(13)14)16-7-15(36(32,33)28-22(2)3-4-22)11-31-17(8-27-21(16)31)19(25)35-20(26)18(23)24/h7-8,11,13-14,18,25-26,28H,3-6,9-10,12H2,1-2H3/t13-,14+/m0/s1. The van der Waals surface area contributed by atoms with Crippen LogP contribution in [0, 0.1) is 10.8 Å². The average Bonchev–Trinajstić information content (AvgIpc) is 3.37. The molecule has 0 spiro atoms. The molecule has 2 saturated heterocycles. The van der Waals surface area contributed by atoms with Crippen molar-refractivity contribution in [2.24, 2.45) is 0 Å². The van der Waals surface area contributed by atoms with Crippen molar-refractivity contribution in [2.45, 2.75) is 55.6 Å². The maximum absolute atomic E-state index is 13.3. The first-order valence-corrected chi connectivity index (χ1v) is 14.0. The molecule has 196 valence electrons. The number of anilines is 1. The highest BCUT2D eigenvalue weighted by molar-refractivity contribution is 8.26. The van der Waals surface area contributed by atoms with Crippen molar-refractivity contribution < 1.29 is 21.9 Å². The van der Waals surface area contributed by atoms with E-state index in [2.05, 4.69) is 26.4 Å². The second kappa shape index (κ2) is 9.31. The van der Waals surface area contributed by atoms with Crippen LogP contribution in [0.2, 0.25) is 0 Å². The quantitative estimate of drug-likeness (QED) is 0.379. The summed E-state index contributed by atoms with van der Waals surface area (Å²) in [5.41, 5.74) is 0.668. The van der Waals surface area contributed by atoms with Gasteiger partial charge < -0.3 is 9.64 Å². The molecule has 4 heterocycles. The SMILES string of the molecule is C[C@H]1CN(c2cc(S(=O)(=O)NC3(C)CC3)cn3c(C(=N)SC(=N)C(F)F)cnc23)C[C@@H]2COCCN21. The van der Waals surface area contributed by atoms with Gasteiger partial charge in [0.15, 0.2) is 5.65 Å². The van der Waals surface area contributed by atoms with E-state index in [1.54, 1.807) is 6.07 Å². The molecule has 2 aliphatic heterocycles. The number of fused-ring (bicyclic) bond motifs is 2. The van der Waals surface area contributed by atoms with Gasteiger partial charge in [-0.15, -0.1) is 0 Å². The second-order valence-corrected chi connectivity index (χ2v) is 12.6. The predicted octanol–water partition coefficient (Wildman–Crippen LogP) is 2.38. The van der Waals surface area contributed by atoms with Crippen LogP contribution in [0.25, 0.3) is 5.65 Å². The molecule has 5 rings (SSSR count). The van der Waals surface area contributed by atoms with Crippen LogP contribution in [0.3, 0.4) is 0 Å². The summed E-state index contributed by atoms with van der Waals surface area (Å²) in [7, 11) is -3.90. The summed E-state index contributed by atoms with van der Waals surface area (Å²) < 4.78 is 62.5. The number of piperazine rings is 1. The van der Waals surface area contributed by atoms with Gasteiger partial charge in [-0.25, -0.2) is 26.9 Å². The van der Waals surface area contributed by atoms with Crippen molar-refractivity contribution in [1.82, 2.24) is 19.0 Å². The van der Waals surface area contributed by atoms with Crippen LogP contribution >= 0.6 is 11.8 Å². The second-order valence-electron chi connectivity index (χ2n) is 9.88. The van der Waals surface area contributed by atoms with E-state index in [1.165, 1.54) is 16.8 Å². The lowest BCUT2D eigenvalue weighted by molar-refractivity contribution is -0.0317. The molecule has 0 unspecified atom stereocenters. The number of imidazole rings is 1. The number of morpholine rings is 1. The minimum atomic E-state index is -3.90. The monoisotopic (exact) mass is 541 g/mol. The number of aromatic nitrogens is 2. The van der Waals surface area contributed by atoms with Crippen molar-refractivity contribution in [3.8, 4) is 0 Å². The zero-order valence-electron chi connectivity index (χ0n) is 20.0. The van der Waals surface area contributed by atoms with E-state index in [1.807, 2.05) is 6.92 Å². The van der Waals surface area contributed by atoms with E-state index in [0.717, 1.165) is 19.4 Å². The van der Waals surface area contributed by atoms with Gasteiger partial charge >= 0.3 is 0 Å². The van der Waals surface area contributed by atoms with Gasteiger partial charge in [0.25, 0.3) is 6.43 Å². The van der Waals surface area contributed by atoms with Crippen LogP contribution in [0.5, 0.6) is 0 Å². The molecule has 0 radical (unpaired) electrons. The summed E-state index contributed by atoms with van der Waals surface area (Å²) in [4.78, 5) is 8.94. The van der Waals surface area contributed by atoms with Crippen LogP contribution in [0.4, 0.5) is 14.5 Å². The van der Waals surface area contributed by atoms with E-state index in [4.69, 9.17) is 15.6 Å². The molecule has 2 aromatic heterocycles. The number of thioether (sulfide) groups is 1. The normalized spacial score (nSPS) is 24.2. The highest BCUT2D eigenvalue weighted by Crippen LogP contribution is 2.37. The molecule has 0 amide bonds. The molecule has 1 saturated carbocycles. The van der Waals surface area contributed by atoms with Crippen LogP contribution in [-0.2, 0) is 14.8 Å². The first kappa shape index (κ1) is 25.5. The number of sulfonamides is 1. The lowest BCUT2D eigenvalue weighted by Gasteiger charge is -2.48. The smallest absolute Gasteiger partial charge is 0.285 e. The molecular formula is C22H29F2N7O3S2. The van der Waals surface area contributed by atoms with Gasteiger partial charge in [-0.3, -0.25) is 20.1 Å². The predicted molar refractivity (Wildman–Crippen MR) is 134 cm³/mol. The molecule has 0 aromatic carbocycles. The number of alkyl halides is 2. The maximum atomic E-state index is 13.3. The van der Waals surface area contributed by atoms with Gasteiger partial charge in [0.1, 0.15) is 15.0 Å². The minimum Gasteiger partial charge on any atom is -0.378 e. The molecule has 0 bridgehead atoms. The van der Waals surface area contributed by atoms with E-state index < -0.39 is 27.0 Å². The minimum absolute atomic E-state index is 0.00841. The summed E-state index contributed by atoms with van der Waals surface area (Å²) >= 11 is 0.324. The lowest BCUT2D eigenvalue weighted by Crippen LogP contribution is -2.62.